The molecule has 10 heteroatoms. The number of anilines is 2. The second-order valence-corrected chi connectivity index (χ2v) is 8.90. The van der Waals surface area contributed by atoms with Gasteiger partial charge in [0.2, 0.25) is 5.95 Å². The summed E-state index contributed by atoms with van der Waals surface area (Å²) in [7, 11) is 3.11. The third-order valence-electron chi connectivity index (χ3n) is 6.03. The largest absolute Gasteiger partial charge is 0.495 e. The molecule has 3 aromatic rings. The summed E-state index contributed by atoms with van der Waals surface area (Å²) < 4.78 is 16.4. The molecule has 0 unspecified atom stereocenters. The highest BCUT2D eigenvalue weighted by atomic mass is 35.5. The van der Waals surface area contributed by atoms with Crippen LogP contribution in [-0.2, 0) is 4.74 Å². The number of halogens is 2. The molecule has 0 radical (unpaired) electrons. The summed E-state index contributed by atoms with van der Waals surface area (Å²) in [6.07, 6.45) is 4.98. The van der Waals surface area contributed by atoms with Crippen LogP contribution in [0.1, 0.15) is 19.3 Å². The van der Waals surface area contributed by atoms with Crippen molar-refractivity contribution in [1.82, 2.24) is 15.0 Å². The first-order chi connectivity index (χ1) is 16.1. The van der Waals surface area contributed by atoms with Crippen molar-refractivity contribution in [2.45, 2.75) is 25.3 Å². The Kier molecular flexibility index (Phi) is 6.32. The average Bonchev–Trinajstić information content (AvgIpc) is 2.79. The molecule has 0 spiro atoms. The zero-order valence-electron chi connectivity index (χ0n) is 18.5. The molecular formula is C23H25Cl2N5O3. The van der Waals surface area contributed by atoms with Crippen molar-refractivity contribution in [3.8, 4) is 22.8 Å². The molecule has 1 atom stereocenters. The van der Waals surface area contributed by atoms with Crippen molar-refractivity contribution >= 4 is 45.9 Å². The van der Waals surface area contributed by atoms with Crippen LogP contribution in [0.4, 0.5) is 11.8 Å². The number of hydrogen-bond donors (Lipinski definition) is 1. The van der Waals surface area contributed by atoms with E-state index in [0.717, 1.165) is 55.7 Å². The smallest absolute Gasteiger partial charge is 0.223 e. The molecule has 8 nitrogen and oxygen atoms in total. The highest BCUT2D eigenvalue weighted by molar-refractivity contribution is 6.41. The normalized spacial score (nSPS) is 18.2. The van der Waals surface area contributed by atoms with Gasteiger partial charge in [-0.1, -0.05) is 23.2 Å². The zero-order chi connectivity index (χ0) is 22.9. The number of nitrogens with zero attached hydrogens (tertiary/aromatic N) is 4. The van der Waals surface area contributed by atoms with E-state index in [4.69, 9.17) is 47.4 Å². The van der Waals surface area contributed by atoms with Gasteiger partial charge in [-0.15, -0.1) is 0 Å². The fraction of sp³-hybridized carbons (Fsp3) is 0.435. The molecule has 0 bridgehead atoms. The first-order valence-corrected chi connectivity index (χ1v) is 11.7. The fourth-order valence-electron chi connectivity index (χ4n) is 4.12. The summed E-state index contributed by atoms with van der Waals surface area (Å²) in [5.74, 6) is 2.29. The van der Waals surface area contributed by atoms with E-state index < -0.39 is 0 Å². The molecule has 2 aromatic heterocycles. The number of aromatic nitrogens is 3. The van der Waals surface area contributed by atoms with Crippen molar-refractivity contribution < 1.29 is 14.2 Å². The molecule has 0 aliphatic carbocycles. The Hall–Kier alpha value is -2.55. The molecule has 0 saturated carbocycles. The van der Waals surface area contributed by atoms with Crippen LogP contribution in [0.5, 0.6) is 11.5 Å². The van der Waals surface area contributed by atoms with Crippen LogP contribution < -0.4 is 19.7 Å². The van der Waals surface area contributed by atoms with Crippen LogP contribution >= 0.6 is 23.2 Å². The topological polar surface area (TPSA) is 81.6 Å². The van der Waals surface area contributed by atoms with E-state index in [2.05, 4.69) is 15.2 Å². The van der Waals surface area contributed by atoms with Gasteiger partial charge >= 0.3 is 0 Å². The Morgan fingerprint density at radius 2 is 1.82 bits per heavy atom. The van der Waals surface area contributed by atoms with Gasteiger partial charge in [0.05, 0.1) is 42.6 Å². The SMILES string of the molecule is COc1cc(OC)c(Cl)c(-c2cc3cnc(N[C@H]4CCCOC4)nc3c(N3CCC3)n2)c1Cl. The van der Waals surface area contributed by atoms with Crippen molar-refractivity contribution in [3.63, 3.8) is 0 Å². The molecule has 174 valence electrons. The van der Waals surface area contributed by atoms with Crippen LogP contribution in [0.15, 0.2) is 18.3 Å². The van der Waals surface area contributed by atoms with Crippen LogP contribution in [0, 0.1) is 0 Å². The molecule has 2 fully saturated rings. The van der Waals surface area contributed by atoms with Gasteiger partial charge in [-0.05, 0) is 25.3 Å². The minimum absolute atomic E-state index is 0.206. The van der Waals surface area contributed by atoms with Gasteiger partial charge in [-0.2, -0.15) is 0 Å². The van der Waals surface area contributed by atoms with Crippen molar-refractivity contribution in [2.75, 3.05) is 50.7 Å². The van der Waals surface area contributed by atoms with Gasteiger partial charge in [-0.25, -0.2) is 15.0 Å². The fourth-order valence-corrected chi connectivity index (χ4v) is 4.81. The number of fused-ring (bicyclic) bond motifs is 1. The quantitative estimate of drug-likeness (QED) is 0.527. The van der Waals surface area contributed by atoms with Gasteiger partial charge in [0.25, 0.3) is 0 Å². The molecular weight excluding hydrogens is 465 g/mol. The Morgan fingerprint density at radius 1 is 1.06 bits per heavy atom. The Bertz CT molecular complexity index is 1150. The first-order valence-electron chi connectivity index (χ1n) is 11.0. The Morgan fingerprint density at radius 3 is 2.42 bits per heavy atom. The number of pyridine rings is 1. The number of nitrogens with one attached hydrogen (secondary N) is 1. The van der Waals surface area contributed by atoms with E-state index in [1.54, 1.807) is 20.3 Å². The predicted octanol–water partition coefficient (Wildman–Crippen LogP) is 4.82. The molecule has 1 aromatic carbocycles. The second kappa shape index (κ2) is 9.37. The lowest BCUT2D eigenvalue weighted by Crippen LogP contribution is -2.38. The molecule has 33 heavy (non-hydrogen) atoms. The van der Waals surface area contributed by atoms with Gasteiger partial charge in [-0.3, -0.25) is 0 Å². The lowest BCUT2D eigenvalue weighted by Gasteiger charge is -2.33. The van der Waals surface area contributed by atoms with E-state index in [9.17, 15) is 0 Å². The molecule has 2 saturated heterocycles. The van der Waals surface area contributed by atoms with Crippen LogP contribution in [-0.4, -0.2) is 61.5 Å². The van der Waals surface area contributed by atoms with E-state index >= 15 is 0 Å². The van der Waals surface area contributed by atoms with Crippen LogP contribution in [0.3, 0.4) is 0 Å². The summed E-state index contributed by atoms with van der Waals surface area (Å²) in [6.45, 7) is 3.30. The zero-order valence-corrected chi connectivity index (χ0v) is 20.0. The number of ether oxygens (including phenoxy) is 3. The lowest BCUT2D eigenvalue weighted by molar-refractivity contribution is 0.0874. The molecule has 2 aliphatic rings. The van der Waals surface area contributed by atoms with E-state index in [0.29, 0.717) is 45.4 Å². The van der Waals surface area contributed by atoms with Crippen LogP contribution in [0.2, 0.25) is 10.0 Å². The highest BCUT2D eigenvalue weighted by Gasteiger charge is 2.25. The number of hydrogen-bond acceptors (Lipinski definition) is 8. The first kappa shape index (κ1) is 22.3. The number of methoxy groups -OCH3 is 2. The third-order valence-corrected chi connectivity index (χ3v) is 6.78. The molecule has 1 N–H and O–H groups in total. The molecule has 4 heterocycles. The lowest BCUT2D eigenvalue weighted by atomic mass is 10.1. The van der Waals surface area contributed by atoms with E-state index in [-0.39, 0.29) is 6.04 Å². The summed E-state index contributed by atoms with van der Waals surface area (Å²) in [5.41, 5.74) is 1.95. The molecule has 2 aliphatic heterocycles. The standard InChI is InChI=1S/C23H25Cl2N5O3/c1-31-16-10-17(32-2)20(25)18(19(16)24)15-9-13-11-26-23(27-14-5-3-8-33-12-14)29-21(13)22(28-15)30-6-4-7-30/h9-11,14H,3-8,12H2,1-2H3,(H,26,27,29)/t14-/m0/s1. The van der Waals surface area contributed by atoms with E-state index in [1.165, 1.54) is 0 Å². The van der Waals surface area contributed by atoms with Gasteiger partial charge in [0, 0.05) is 42.9 Å². The maximum Gasteiger partial charge on any atom is 0.223 e. The Labute approximate surface area is 202 Å². The van der Waals surface area contributed by atoms with Gasteiger partial charge in [0.15, 0.2) is 5.82 Å². The maximum absolute atomic E-state index is 6.67. The van der Waals surface area contributed by atoms with Crippen molar-refractivity contribution in [2.24, 2.45) is 0 Å². The van der Waals surface area contributed by atoms with Crippen molar-refractivity contribution in [3.05, 3.63) is 28.4 Å². The molecule has 5 rings (SSSR count). The monoisotopic (exact) mass is 489 g/mol. The highest BCUT2D eigenvalue weighted by Crippen LogP contribution is 2.46. The van der Waals surface area contributed by atoms with Gasteiger partial charge in [0.1, 0.15) is 17.0 Å². The number of rotatable bonds is 6. The van der Waals surface area contributed by atoms with Gasteiger partial charge < -0.3 is 24.4 Å². The van der Waals surface area contributed by atoms with Crippen molar-refractivity contribution in [1.29, 1.82) is 0 Å². The summed E-state index contributed by atoms with van der Waals surface area (Å²) >= 11 is 13.3. The van der Waals surface area contributed by atoms with E-state index in [1.807, 2.05) is 12.3 Å². The molecule has 0 amide bonds. The number of benzene rings is 1. The van der Waals surface area contributed by atoms with Crippen LogP contribution in [0.25, 0.3) is 22.2 Å². The summed E-state index contributed by atoms with van der Waals surface area (Å²) in [6, 6.07) is 3.78. The minimum Gasteiger partial charge on any atom is -0.495 e. The average molecular weight is 490 g/mol. The second-order valence-electron chi connectivity index (χ2n) is 8.15. The minimum atomic E-state index is 0.206. The predicted molar refractivity (Wildman–Crippen MR) is 130 cm³/mol. The summed E-state index contributed by atoms with van der Waals surface area (Å²) in [5, 5.41) is 5.00. The summed E-state index contributed by atoms with van der Waals surface area (Å²) in [4.78, 5) is 16.5. The maximum atomic E-state index is 6.67. The third kappa shape index (κ3) is 4.23. The Balaban J connectivity index is 1.62.